The molecule has 104 valence electrons. The Kier molecular flexibility index (Phi) is 4.41. The topological polar surface area (TPSA) is 47.6 Å². The average Bonchev–Trinajstić information content (AvgIpc) is 2.91. The maximum absolute atomic E-state index is 11.5. The summed E-state index contributed by atoms with van der Waals surface area (Å²) in [5, 5.41) is 2.89. The largest absolute Gasteiger partial charge is 0.444 e. The number of amides is 1. The summed E-state index contributed by atoms with van der Waals surface area (Å²) in [6.45, 7) is 6.39. The van der Waals surface area contributed by atoms with Crippen LogP contribution in [0, 0.1) is 5.92 Å². The monoisotopic (exact) mass is 367 g/mol. The van der Waals surface area contributed by atoms with Crippen LogP contribution in [0.15, 0.2) is 0 Å². The quantitative estimate of drug-likeness (QED) is 0.614. The van der Waals surface area contributed by atoms with E-state index in [1.165, 1.54) is 12.8 Å². The normalized spacial score (nSPS) is 34.7. The third-order valence-corrected chi connectivity index (χ3v) is 4.70. The van der Waals surface area contributed by atoms with Crippen molar-refractivity contribution >= 4 is 28.7 Å². The standard InChI is InChI=1S/C13H22INO3/c1-13(2,3)18-12(16)15-10-6-8(10)7-17-11-5-4-9(11)14/h8-11H,4-7H2,1-3H3,(H,15,16)/t8?,9-,10?,11?/m0/s1. The fraction of sp³-hybridized carbons (Fsp3) is 0.923. The summed E-state index contributed by atoms with van der Waals surface area (Å²) in [6, 6.07) is 0.243. The minimum atomic E-state index is -0.425. The summed E-state index contributed by atoms with van der Waals surface area (Å²) in [5.41, 5.74) is -0.425. The second kappa shape index (κ2) is 5.53. The minimum absolute atomic E-state index is 0.243. The third-order valence-electron chi connectivity index (χ3n) is 3.28. The van der Waals surface area contributed by atoms with E-state index in [1.807, 2.05) is 20.8 Å². The van der Waals surface area contributed by atoms with E-state index in [1.54, 1.807) is 0 Å². The number of carbonyl (C=O) groups excluding carboxylic acids is 1. The smallest absolute Gasteiger partial charge is 0.407 e. The number of nitrogens with one attached hydrogen (secondary N) is 1. The molecular weight excluding hydrogens is 345 g/mol. The lowest BCUT2D eigenvalue weighted by Crippen LogP contribution is -2.36. The Bertz CT molecular complexity index is 316. The van der Waals surface area contributed by atoms with Gasteiger partial charge in [0.2, 0.25) is 0 Å². The molecule has 2 aliphatic rings. The zero-order chi connectivity index (χ0) is 13.3. The van der Waals surface area contributed by atoms with Gasteiger partial charge in [0.1, 0.15) is 5.60 Å². The third kappa shape index (κ3) is 4.26. The van der Waals surface area contributed by atoms with E-state index in [9.17, 15) is 4.79 Å². The van der Waals surface area contributed by atoms with Crippen molar-refractivity contribution in [1.82, 2.24) is 5.32 Å². The van der Waals surface area contributed by atoms with Crippen molar-refractivity contribution in [2.75, 3.05) is 6.61 Å². The number of hydrogen-bond donors (Lipinski definition) is 1. The molecule has 0 aromatic carbocycles. The highest BCUT2D eigenvalue weighted by atomic mass is 127. The zero-order valence-corrected chi connectivity index (χ0v) is 13.4. The van der Waals surface area contributed by atoms with Crippen LogP contribution >= 0.6 is 22.6 Å². The zero-order valence-electron chi connectivity index (χ0n) is 11.2. The Morgan fingerprint density at radius 1 is 1.39 bits per heavy atom. The van der Waals surface area contributed by atoms with Gasteiger partial charge in [-0.1, -0.05) is 22.6 Å². The number of alkyl halides is 1. The highest BCUT2D eigenvalue weighted by molar-refractivity contribution is 14.1. The molecule has 0 spiro atoms. The van der Waals surface area contributed by atoms with Gasteiger partial charge in [-0.3, -0.25) is 0 Å². The van der Waals surface area contributed by atoms with Crippen LogP contribution in [-0.4, -0.2) is 34.4 Å². The summed E-state index contributed by atoms with van der Waals surface area (Å²) < 4.78 is 11.7. The van der Waals surface area contributed by atoms with Gasteiger partial charge in [-0.15, -0.1) is 0 Å². The molecule has 0 saturated heterocycles. The Balaban J connectivity index is 1.58. The highest BCUT2D eigenvalue weighted by Crippen LogP contribution is 2.35. The molecule has 3 unspecified atom stereocenters. The minimum Gasteiger partial charge on any atom is -0.444 e. The first-order valence-corrected chi connectivity index (χ1v) is 7.85. The van der Waals surface area contributed by atoms with Crippen molar-refractivity contribution < 1.29 is 14.3 Å². The van der Waals surface area contributed by atoms with Crippen molar-refractivity contribution in [2.45, 2.75) is 61.7 Å². The van der Waals surface area contributed by atoms with E-state index in [4.69, 9.17) is 9.47 Å². The molecule has 2 fully saturated rings. The maximum Gasteiger partial charge on any atom is 0.407 e. The van der Waals surface area contributed by atoms with E-state index in [0.29, 0.717) is 15.9 Å². The van der Waals surface area contributed by atoms with Gasteiger partial charge in [-0.25, -0.2) is 4.79 Å². The molecule has 1 N–H and O–H groups in total. The average molecular weight is 367 g/mol. The molecule has 2 rings (SSSR count). The van der Waals surface area contributed by atoms with Crippen molar-refractivity contribution in [3.05, 3.63) is 0 Å². The lowest BCUT2D eigenvalue weighted by atomic mass is 9.96. The summed E-state index contributed by atoms with van der Waals surface area (Å²) in [7, 11) is 0. The summed E-state index contributed by atoms with van der Waals surface area (Å²) in [5.74, 6) is 0.474. The molecular formula is C13H22INO3. The first-order valence-electron chi connectivity index (χ1n) is 6.60. The van der Waals surface area contributed by atoms with Crippen LogP contribution in [0.3, 0.4) is 0 Å². The van der Waals surface area contributed by atoms with E-state index in [0.717, 1.165) is 13.0 Å². The van der Waals surface area contributed by atoms with Crippen LogP contribution in [0.4, 0.5) is 4.79 Å². The van der Waals surface area contributed by atoms with Gasteiger partial charge in [0, 0.05) is 15.9 Å². The van der Waals surface area contributed by atoms with Crippen LogP contribution in [0.2, 0.25) is 0 Å². The number of ether oxygens (including phenoxy) is 2. The van der Waals surface area contributed by atoms with Gasteiger partial charge < -0.3 is 14.8 Å². The molecule has 0 aliphatic heterocycles. The predicted molar refractivity (Wildman–Crippen MR) is 78.0 cm³/mol. The first-order chi connectivity index (χ1) is 8.35. The van der Waals surface area contributed by atoms with E-state index in [2.05, 4.69) is 27.9 Å². The van der Waals surface area contributed by atoms with Crippen molar-refractivity contribution in [3.8, 4) is 0 Å². The molecule has 0 aromatic heterocycles. The second-order valence-electron chi connectivity index (χ2n) is 6.21. The molecule has 2 aliphatic carbocycles. The Labute approximate surface area is 122 Å². The second-order valence-corrected chi connectivity index (χ2v) is 7.81. The molecule has 4 atom stereocenters. The van der Waals surface area contributed by atoms with Crippen LogP contribution in [-0.2, 0) is 9.47 Å². The summed E-state index contributed by atoms with van der Waals surface area (Å²) >= 11 is 2.45. The number of carbonyl (C=O) groups is 1. The molecule has 5 heteroatoms. The summed E-state index contributed by atoms with van der Waals surface area (Å²) in [6.07, 6.45) is 3.59. The van der Waals surface area contributed by atoms with Gasteiger partial charge in [-0.05, 0) is 40.0 Å². The van der Waals surface area contributed by atoms with Gasteiger partial charge >= 0.3 is 6.09 Å². The Morgan fingerprint density at radius 2 is 2.11 bits per heavy atom. The number of alkyl carbamates (subject to hydrolysis) is 1. The lowest BCUT2D eigenvalue weighted by molar-refractivity contribution is 0.00537. The van der Waals surface area contributed by atoms with E-state index in [-0.39, 0.29) is 12.1 Å². The van der Waals surface area contributed by atoms with Crippen LogP contribution in [0.25, 0.3) is 0 Å². The van der Waals surface area contributed by atoms with Crippen molar-refractivity contribution in [2.24, 2.45) is 5.92 Å². The maximum atomic E-state index is 11.5. The number of halogens is 1. The summed E-state index contributed by atoms with van der Waals surface area (Å²) in [4.78, 5) is 11.5. The molecule has 1 amide bonds. The van der Waals surface area contributed by atoms with Gasteiger partial charge in [0.25, 0.3) is 0 Å². The molecule has 0 heterocycles. The molecule has 0 bridgehead atoms. The number of rotatable bonds is 4. The molecule has 18 heavy (non-hydrogen) atoms. The van der Waals surface area contributed by atoms with Crippen molar-refractivity contribution in [1.29, 1.82) is 0 Å². The van der Waals surface area contributed by atoms with Crippen molar-refractivity contribution in [3.63, 3.8) is 0 Å². The van der Waals surface area contributed by atoms with Crippen LogP contribution < -0.4 is 5.32 Å². The van der Waals surface area contributed by atoms with E-state index >= 15 is 0 Å². The molecule has 0 radical (unpaired) electrons. The fourth-order valence-corrected chi connectivity index (χ4v) is 2.86. The fourth-order valence-electron chi connectivity index (χ4n) is 1.93. The SMILES string of the molecule is CC(C)(C)OC(=O)NC1CC1COC1CC[C@@H]1I. The molecule has 0 aromatic rings. The van der Waals surface area contributed by atoms with Gasteiger partial charge in [0.05, 0.1) is 12.7 Å². The number of hydrogen-bond acceptors (Lipinski definition) is 3. The van der Waals surface area contributed by atoms with Gasteiger partial charge in [-0.2, -0.15) is 0 Å². The van der Waals surface area contributed by atoms with E-state index < -0.39 is 5.60 Å². The predicted octanol–water partition coefficient (Wildman–Crippen LogP) is 2.88. The van der Waals surface area contributed by atoms with Crippen LogP contribution in [0.1, 0.15) is 40.0 Å². The molecule has 2 saturated carbocycles. The van der Waals surface area contributed by atoms with Crippen LogP contribution in [0.5, 0.6) is 0 Å². The lowest BCUT2D eigenvalue weighted by Gasteiger charge is -2.32. The molecule has 4 nitrogen and oxygen atoms in total. The Morgan fingerprint density at radius 3 is 2.61 bits per heavy atom. The first kappa shape index (κ1) is 14.4. The van der Waals surface area contributed by atoms with Gasteiger partial charge in [0.15, 0.2) is 0 Å². The highest BCUT2D eigenvalue weighted by Gasteiger charge is 2.41. The Hall–Kier alpha value is -0.0400.